The zero-order valence-electron chi connectivity index (χ0n) is 23.7. The lowest BCUT2D eigenvalue weighted by atomic mass is 10.0. The summed E-state index contributed by atoms with van der Waals surface area (Å²) < 4.78 is 21.2. The van der Waals surface area contributed by atoms with E-state index in [2.05, 4.69) is 0 Å². The number of benzene rings is 2. The second kappa shape index (κ2) is 12.4. The number of nitrogens with zero attached hydrogens (tertiary/aromatic N) is 3. The largest absolute Gasteiger partial charge is 0.443 e. The molecular weight excluding hydrogens is 497 g/mol. The maximum absolute atomic E-state index is 13.9. The van der Waals surface area contributed by atoms with E-state index in [1.165, 1.54) is 17.0 Å². The minimum Gasteiger partial charge on any atom is -0.443 e. The highest BCUT2D eigenvalue weighted by Gasteiger charge is 2.24. The van der Waals surface area contributed by atoms with E-state index >= 15 is 0 Å². The van der Waals surface area contributed by atoms with Gasteiger partial charge in [0, 0.05) is 48.8 Å². The maximum atomic E-state index is 13.9. The van der Waals surface area contributed by atoms with Crippen LogP contribution in [0.2, 0.25) is 0 Å². The minimum atomic E-state index is -0.949. The van der Waals surface area contributed by atoms with Gasteiger partial charge in [-0.25, -0.2) is 14.2 Å². The smallest absolute Gasteiger partial charge is 0.414 e. The molecule has 0 aliphatic carbocycles. The molecule has 2 aromatic carbocycles. The molecule has 0 saturated carbocycles. The van der Waals surface area contributed by atoms with Gasteiger partial charge < -0.3 is 14.4 Å². The van der Waals surface area contributed by atoms with Gasteiger partial charge in [0.05, 0.1) is 17.5 Å². The Balaban J connectivity index is 2.17. The summed E-state index contributed by atoms with van der Waals surface area (Å²) in [5.41, 5.74) is 2.78. The van der Waals surface area contributed by atoms with E-state index in [-0.39, 0.29) is 23.9 Å². The van der Waals surface area contributed by atoms with Crippen LogP contribution >= 0.6 is 0 Å². The molecule has 0 aliphatic rings. The van der Waals surface area contributed by atoms with Gasteiger partial charge in [0.15, 0.2) is 0 Å². The Morgan fingerprint density at radius 2 is 1.79 bits per heavy atom. The number of ketones is 1. The Bertz CT molecular complexity index is 1340. The fraction of sp³-hybridized carbons (Fsp3) is 0.387. The van der Waals surface area contributed by atoms with Crippen molar-refractivity contribution in [3.63, 3.8) is 0 Å². The predicted octanol–water partition coefficient (Wildman–Crippen LogP) is 7.05. The topological polar surface area (TPSA) is 84.7 Å². The number of imidazole rings is 1. The molecule has 1 aromatic heterocycles. The summed E-state index contributed by atoms with van der Waals surface area (Å²) in [6, 6.07) is 13.5. The molecule has 0 spiro atoms. The quantitative estimate of drug-likeness (QED) is 0.317. The number of halogens is 1. The Hall–Kier alpha value is -3.78. The highest BCUT2D eigenvalue weighted by molar-refractivity contribution is 5.89. The number of aromatic nitrogens is 2. The summed E-state index contributed by atoms with van der Waals surface area (Å²) in [5, 5.41) is 10.5. The molecule has 7 nitrogen and oxygen atoms in total. The lowest BCUT2D eigenvalue weighted by Gasteiger charge is -2.25. The Kier molecular flexibility index (Phi) is 9.45. The first kappa shape index (κ1) is 29.8. The van der Waals surface area contributed by atoms with E-state index in [4.69, 9.17) is 9.72 Å². The van der Waals surface area contributed by atoms with E-state index in [0.717, 1.165) is 17.0 Å². The summed E-state index contributed by atoms with van der Waals surface area (Å²) in [7, 11) is 1.65. The molecule has 3 aromatic rings. The molecule has 3 rings (SSSR count). The van der Waals surface area contributed by atoms with Crippen molar-refractivity contribution in [1.82, 2.24) is 9.55 Å². The van der Waals surface area contributed by atoms with E-state index in [1.54, 1.807) is 38.4 Å². The average molecular weight is 536 g/mol. The normalized spacial score (nSPS) is 12.7. The first-order valence-electron chi connectivity index (χ1n) is 13.1. The van der Waals surface area contributed by atoms with Crippen LogP contribution in [0.15, 0.2) is 54.6 Å². The molecule has 0 bridgehead atoms. The molecule has 1 amide bonds. The number of carbonyl (C=O) groups excluding carboxylic acids is 2. The molecule has 1 heterocycles. The van der Waals surface area contributed by atoms with Crippen LogP contribution in [-0.2, 0) is 9.53 Å². The third-order valence-corrected chi connectivity index (χ3v) is 6.04. The standard InChI is InChI=1S/C31H38FN3O4/c1-8-25(36)19-26(37)16-17-35-28(21-12-14-23(32)15-13-21)27(33-29(35)20(2)3)22-10-9-11-24(18-22)34(7)30(38)39-31(4,5)6/h9-18,20,26,37H,8,19H2,1-7H3. The van der Waals surface area contributed by atoms with Gasteiger partial charge in [0.25, 0.3) is 0 Å². The number of hydrogen-bond acceptors (Lipinski definition) is 5. The molecule has 1 unspecified atom stereocenters. The summed E-state index contributed by atoms with van der Waals surface area (Å²) in [5.74, 6) is 0.331. The number of amides is 1. The molecule has 1 atom stereocenters. The third-order valence-electron chi connectivity index (χ3n) is 6.04. The number of aliphatic hydroxyl groups is 1. The summed E-state index contributed by atoms with van der Waals surface area (Å²) in [4.78, 5) is 31.0. The van der Waals surface area contributed by atoms with Crippen LogP contribution in [0.4, 0.5) is 14.9 Å². The Morgan fingerprint density at radius 1 is 1.13 bits per heavy atom. The second-order valence-corrected chi connectivity index (χ2v) is 10.8. The fourth-order valence-electron chi connectivity index (χ4n) is 4.02. The van der Waals surface area contributed by atoms with Crippen LogP contribution in [0.3, 0.4) is 0 Å². The van der Waals surface area contributed by atoms with Crippen LogP contribution < -0.4 is 4.90 Å². The maximum Gasteiger partial charge on any atom is 0.414 e. The lowest BCUT2D eigenvalue weighted by Crippen LogP contribution is -2.34. The number of anilines is 1. The van der Waals surface area contributed by atoms with Crippen molar-refractivity contribution in [2.24, 2.45) is 0 Å². The van der Waals surface area contributed by atoms with Crippen molar-refractivity contribution >= 4 is 23.8 Å². The fourth-order valence-corrected chi connectivity index (χ4v) is 4.02. The molecule has 0 aliphatic heterocycles. The van der Waals surface area contributed by atoms with Gasteiger partial charge >= 0.3 is 6.09 Å². The summed E-state index contributed by atoms with van der Waals surface area (Å²) in [6.45, 7) is 11.2. The number of ether oxygens (including phenoxy) is 1. The number of carbonyl (C=O) groups is 2. The minimum absolute atomic E-state index is 0.00429. The van der Waals surface area contributed by atoms with Gasteiger partial charge in [-0.1, -0.05) is 32.9 Å². The van der Waals surface area contributed by atoms with E-state index < -0.39 is 17.8 Å². The van der Waals surface area contributed by atoms with Gasteiger partial charge in [-0.05, 0) is 63.2 Å². The number of Topliss-reactive ketones (excluding diaryl/α,β-unsaturated/α-hetero) is 1. The number of aliphatic hydroxyl groups excluding tert-OH is 1. The van der Waals surface area contributed by atoms with E-state index in [1.807, 2.05) is 63.5 Å². The zero-order valence-corrected chi connectivity index (χ0v) is 23.7. The first-order valence-corrected chi connectivity index (χ1v) is 13.1. The van der Waals surface area contributed by atoms with Crippen LogP contribution in [-0.4, -0.2) is 45.3 Å². The van der Waals surface area contributed by atoms with Crippen molar-refractivity contribution in [3.8, 4) is 22.5 Å². The predicted molar refractivity (Wildman–Crippen MR) is 153 cm³/mol. The summed E-state index contributed by atoms with van der Waals surface area (Å²) >= 11 is 0. The van der Waals surface area contributed by atoms with E-state index in [0.29, 0.717) is 23.5 Å². The highest BCUT2D eigenvalue weighted by atomic mass is 19.1. The van der Waals surface area contributed by atoms with Crippen LogP contribution in [0, 0.1) is 5.82 Å². The molecule has 1 N–H and O–H groups in total. The second-order valence-electron chi connectivity index (χ2n) is 10.8. The monoisotopic (exact) mass is 535 g/mol. The SMILES string of the molecule is CCC(=O)CC(O)C=Cn1c(C(C)C)nc(-c2cccc(N(C)C(=O)OC(C)(C)C)c2)c1-c1ccc(F)cc1. The molecular formula is C31H38FN3O4. The number of rotatable bonds is 9. The number of hydrogen-bond donors (Lipinski definition) is 1. The third kappa shape index (κ3) is 7.63. The molecule has 0 fully saturated rings. The molecule has 0 radical (unpaired) electrons. The molecule has 8 heteroatoms. The zero-order chi connectivity index (χ0) is 28.9. The Morgan fingerprint density at radius 3 is 2.38 bits per heavy atom. The van der Waals surface area contributed by atoms with Crippen LogP contribution in [0.5, 0.6) is 0 Å². The van der Waals surface area contributed by atoms with Crippen molar-refractivity contribution in [1.29, 1.82) is 0 Å². The van der Waals surface area contributed by atoms with E-state index in [9.17, 15) is 19.1 Å². The average Bonchev–Trinajstić information content (AvgIpc) is 3.26. The Labute approximate surface area is 229 Å². The van der Waals surface area contributed by atoms with Crippen LogP contribution in [0.1, 0.15) is 66.1 Å². The highest BCUT2D eigenvalue weighted by Crippen LogP contribution is 2.37. The summed E-state index contributed by atoms with van der Waals surface area (Å²) in [6.07, 6.45) is 2.24. The molecule has 39 heavy (non-hydrogen) atoms. The van der Waals surface area contributed by atoms with Gasteiger partial charge in [0.1, 0.15) is 23.0 Å². The van der Waals surface area contributed by atoms with Crippen molar-refractivity contribution in [2.45, 2.75) is 72.0 Å². The van der Waals surface area contributed by atoms with Crippen molar-refractivity contribution < 1.29 is 23.8 Å². The molecule has 208 valence electrons. The molecule has 0 saturated heterocycles. The van der Waals surface area contributed by atoms with Crippen molar-refractivity contribution in [2.75, 3.05) is 11.9 Å². The van der Waals surface area contributed by atoms with Crippen molar-refractivity contribution in [3.05, 3.63) is 66.2 Å². The first-order chi connectivity index (χ1) is 18.3. The van der Waals surface area contributed by atoms with Gasteiger partial charge in [-0.3, -0.25) is 9.69 Å². The van der Waals surface area contributed by atoms with Gasteiger partial charge in [0.2, 0.25) is 0 Å². The van der Waals surface area contributed by atoms with Gasteiger partial charge in [-0.2, -0.15) is 0 Å². The lowest BCUT2D eigenvalue weighted by molar-refractivity contribution is -0.120. The van der Waals surface area contributed by atoms with Crippen LogP contribution in [0.25, 0.3) is 28.7 Å². The van der Waals surface area contributed by atoms with Gasteiger partial charge in [-0.15, -0.1) is 0 Å².